The van der Waals surface area contributed by atoms with Crippen molar-refractivity contribution in [3.63, 3.8) is 0 Å². The summed E-state index contributed by atoms with van der Waals surface area (Å²) in [5, 5.41) is 13.3. The maximum atomic E-state index is 13.7. The first-order valence-corrected chi connectivity index (χ1v) is 5.70. The molecule has 0 aliphatic carbocycles. The maximum Gasteiger partial charge on any atom is 0.295 e. The van der Waals surface area contributed by atoms with Crippen molar-refractivity contribution in [2.75, 3.05) is 11.1 Å². The van der Waals surface area contributed by atoms with Crippen molar-refractivity contribution in [3.8, 4) is 0 Å². The highest BCUT2D eigenvalue weighted by Crippen LogP contribution is 2.29. The summed E-state index contributed by atoms with van der Waals surface area (Å²) in [6.07, 6.45) is 0. The van der Waals surface area contributed by atoms with E-state index in [1.165, 1.54) is 0 Å². The monoisotopic (exact) mass is 279 g/mol. The van der Waals surface area contributed by atoms with Gasteiger partial charge >= 0.3 is 0 Å². The van der Waals surface area contributed by atoms with Crippen molar-refractivity contribution in [1.82, 2.24) is 0 Å². The number of nitro benzene ring substituents is 1. The lowest BCUT2D eigenvalue weighted by molar-refractivity contribution is -0.384. The summed E-state index contributed by atoms with van der Waals surface area (Å²) in [7, 11) is 0. The Labute approximate surface area is 113 Å². The molecule has 0 bridgehead atoms. The molecule has 2 aromatic carbocycles. The zero-order valence-corrected chi connectivity index (χ0v) is 10.3. The number of nitrogens with one attached hydrogen (secondary N) is 1. The highest BCUT2D eigenvalue weighted by Gasteiger charge is 2.21. The minimum atomic E-state index is -1.28. The van der Waals surface area contributed by atoms with Gasteiger partial charge in [-0.1, -0.05) is 18.2 Å². The summed E-state index contributed by atoms with van der Waals surface area (Å²) in [6.45, 7) is 0.0495. The predicted molar refractivity (Wildman–Crippen MR) is 71.2 cm³/mol. The van der Waals surface area contributed by atoms with Crippen LogP contribution in [0.1, 0.15) is 5.56 Å². The van der Waals surface area contributed by atoms with E-state index in [-0.39, 0.29) is 6.54 Å². The number of nitrogens with two attached hydrogens (primary N) is 1. The number of nitro groups is 1. The van der Waals surface area contributed by atoms with Gasteiger partial charge in [-0.25, -0.2) is 8.78 Å². The number of hydrogen-bond donors (Lipinski definition) is 2. The zero-order valence-electron chi connectivity index (χ0n) is 10.3. The van der Waals surface area contributed by atoms with E-state index in [2.05, 4.69) is 5.32 Å². The van der Waals surface area contributed by atoms with E-state index < -0.39 is 27.9 Å². The topological polar surface area (TPSA) is 81.2 Å². The smallest absolute Gasteiger partial charge is 0.295 e. The second-order valence-electron chi connectivity index (χ2n) is 4.06. The van der Waals surface area contributed by atoms with Gasteiger partial charge in [0.25, 0.3) is 5.69 Å². The summed E-state index contributed by atoms with van der Waals surface area (Å²) >= 11 is 0. The van der Waals surface area contributed by atoms with Crippen LogP contribution in [0.25, 0.3) is 0 Å². The summed E-state index contributed by atoms with van der Waals surface area (Å²) in [5.41, 5.74) is 5.78. The van der Waals surface area contributed by atoms with Crippen LogP contribution in [0.3, 0.4) is 0 Å². The molecule has 0 saturated heterocycles. The second kappa shape index (κ2) is 5.52. The van der Waals surface area contributed by atoms with E-state index in [9.17, 15) is 18.9 Å². The molecule has 0 fully saturated rings. The molecule has 5 nitrogen and oxygen atoms in total. The first kappa shape index (κ1) is 13.7. The minimum absolute atomic E-state index is 0.0495. The number of rotatable bonds is 4. The largest absolute Gasteiger partial charge is 0.398 e. The lowest BCUT2D eigenvalue weighted by Gasteiger charge is -2.10. The van der Waals surface area contributed by atoms with Gasteiger partial charge in [-0.05, 0) is 17.7 Å². The maximum absolute atomic E-state index is 13.7. The standard InChI is InChI=1S/C13H11F2N3O2/c14-9-5-6-11(18(19)20)13(12(9)15)17-7-8-3-1-2-4-10(8)16/h1-6,17H,7,16H2. The molecular weight excluding hydrogens is 268 g/mol. The van der Waals surface area contributed by atoms with Gasteiger partial charge in [0, 0.05) is 18.3 Å². The Hall–Kier alpha value is -2.70. The first-order chi connectivity index (χ1) is 9.50. The van der Waals surface area contributed by atoms with Crippen molar-refractivity contribution in [1.29, 1.82) is 0 Å². The number of nitrogen functional groups attached to an aromatic ring is 1. The molecule has 2 aromatic rings. The van der Waals surface area contributed by atoms with Crippen LogP contribution in [0.5, 0.6) is 0 Å². The quantitative estimate of drug-likeness (QED) is 0.512. The number of para-hydroxylation sites is 1. The van der Waals surface area contributed by atoms with Crippen LogP contribution in [0, 0.1) is 21.7 Å². The molecule has 0 amide bonds. The van der Waals surface area contributed by atoms with E-state index in [1.54, 1.807) is 24.3 Å². The van der Waals surface area contributed by atoms with E-state index in [4.69, 9.17) is 5.73 Å². The van der Waals surface area contributed by atoms with Gasteiger partial charge in [0.05, 0.1) is 4.92 Å². The van der Waals surface area contributed by atoms with Crippen molar-refractivity contribution in [3.05, 3.63) is 63.7 Å². The summed E-state index contributed by atoms with van der Waals surface area (Å²) in [4.78, 5) is 10.0. The summed E-state index contributed by atoms with van der Waals surface area (Å²) < 4.78 is 26.8. The molecule has 104 valence electrons. The molecule has 0 atom stereocenters. The SMILES string of the molecule is Nc1ccccc1CNc1c([N+](=O)[O-])ccc(F)c1F. The van der Waals surface area contributed by atoms with E-state index >= 15 is 0 Å². The van der Waals surface area contributed by atoms with Crippen LogP contribution in [0.4, 0.5) is 25.8 Å². The predicted octanol–water partition coefficient (Wildman–Crippen LogP) is 3.07. The van der Waals surface area contributed by atoms with Crippen molar-refractivity contribution in [2.45, 2.75) is 6.54 Å². The average Bonchev–Trinajstić information content (AvgIpc) is 2.41. The summed E-state index contributed by atoms with van der Waals surface area (Å²) in [6, 6.07) is 8.41. The minimum Gasteiger partial charge on any atom is -0.398 e. The van der Waals surface area contributed by atoms with Crippen molar-refractivity contribution < 1.29 is 13.7 Å². The molecule has 0 saturated carbocycles. The Balaban J connectivity index is 2.31. The van der Waals surface area contributed by atoms with E-state index in [1.807, 2.05) is 0 Å². The fourth-order valence-electron chi connectivity index (χ4n) is 1.74. The van der Waals surface area contributed by atoms with E-state index in [0.717, 1.165) is 12.1 Å². The molecule has 20 heavy (non-hydrogen) atoms. The van der Waals surface area contributed by atoms with Gasteiger partial charge in [0.15, 0.2) is 17.3 Å². The third-order valence-corrected chi connectivity index (χ3v) is 2.78. The fourth-order valence-corrected chi connectivity index (χ4v) is 1.74. The Kier molecular flexibility index (Phi) is 3.79. The van der Waals surface area contributed by atoms with Crippen LogP contribution in [-0.2, 0) is 6.54 Å². The van der Waals surface area contributed by atoms with E-state index in [0.29, 0.717) is 11.3 Å². The van der Waals surface area contributed by atoms with Crippen LogP contribution in [-0.4, -0.2) is 4.92 Å². The molecule has 0 aliphatic heterocycles. The number of hydrogen-bond acceptors (Lipinski definition) is 4. The molecule has 2 rings (SSSR count). The molecule has 0 aromatic heterocycles. The Bertz CT molecular complexity index is 662. The molecule has 7 heteroatoms. The van der Waals surface area contributed by atoms with Gasteiger partial charge in [0.2, 0.25) is 0 Å². The van der Waals surface area contributed by atoms with Gasteiger partial charge < -0.3 is 11.1 Å². The Morgan fingerprint density at radius 3 is 2.55 bits per heavy atom. The van der Waals surface area contributed by atoms with Crippen molar-refractivity contribution >= 4 is 17.1 Å². The van der Waals surface area contributed by atoms with Gasteiger partial charge in [0.1, 0.15) is 0 Å². The fraction of sp³-hybridized carbons (Fsp3) is 0.0769. The first-order valence-electron chi connectivity index (χ1n) is 5.70. The second-order valence-corrected chi connectivity index (χ2v) is 4.06. The average molecular weight is 279 g/mol. The number of nitrogens with zero attached hydrogens (tertiary/aromatic N) is 1. The molecular formula is C13H11F2N3O2. The van der Waals surface area contributed by atoms with Crippen LogP contribution in [0.15, 0.2) is 36.4 Å². The number of halogens is 2. The lowest BCUT2D eigenvalue weighted by atomic mass is 10.1. The van der Waals surface area contributed by atoms with Crippen molar-refractivity contribution in [2.24, 2.45) is 0 Å². The third-order valence-electron chi connectivity index (χ3n) is 2.78. The molecule has 0 aliphatic rings. The van der Waals surface area contributed by atoms with Gasteiger partial charge in [-0.15, -0.1) is 0 Å². The highest BCUT2D eigenvalue weighted by atomic mass is 19.2. The van der Waals surface area contributed by atoms with Crippen LogP contribution < -0.4 is 11.1 Å². The number of anilines is 2. The number of benzene rings is 2. The Morgan fingerprint density at radius 1 is 1.20 bits per heavy atom. The van der Waals surface area contributed by atoms with Gasteiger partial charge in [-0.2, -0.15) is 0 Å². The van der Waals surface area contributed by atoms with Gasteiger partial charge in [-0.3, -0.25) is 10.1 Å². The molecule has 0 unspecified atom stereocenters. The molecule has 3 N–H and O–H groups in total. The highest BCUT2D eigenvalue weighted by molar-refractivity contribution is 5.63. The lowest BCUT2D eigenvalue weighted by Crippen LogP contribution is -2.07. The van der Waals surface area contributed by atoms with Crippen LogP contribution in [0.2, 0.25) is 0 Å². The molecule has 0 heterocycles. The van der Waals surface area contributed by atoms with Crippen LogP contribution >= 0.6 is 0 Å². The molecule has 0 radical (unpaired) electrons. The third kappa shape index (κ3) is 2.66. The summed E-state index contributed by atoms with van der Waals surface area (Å²) in [5.74, 6) is -2.44. The normalized spacial score (nSPS) is 10.3. The zero-order chi connectivity index (χ0) is 14.7. The molecule has 0 spiro atoms. The Morgan fingerprint density at radius 2 is 1.90 bits per heavy atom.